The maximum atomic E-state index is 12.0. The van der Waals surface area contributed by atoms with Crippen molar-refractivity contribution in [2.75, 3.05) is 40.4 Å². The van der Waals surface area contributed by atoms with Crippen LogP contribution in [-0.2, 0) is 19.2 Å². The Balaban J connectivity index is 0.000000188. The number of carbonyl (C=O) groups excluding carboxylic acids is 2. The van der Waals surface area contributed by atoms with Crippen LogP contribution in [0.2, 0.25) is 0 Å². The van der Waals surface area contributed by atoms with Crippen LogP contribution in [0.15, 0.2) is 36.4 Å². The Hall–Kier alpha value is -4.48. The summed E-state index contributed by atoms with van der Waals surface area (Å²) in [6.45, 7) is 0.383. The predicted octanol–water partition coefficient (Wildman–Crippen LogP) is 4.83. The quantitative estimate of drug-likeness (QED) is 0.322. The molecule has 4 fully saturated rings. The summed E-state index contributed by atoms with van der Waals surface area (Å²) in [6.07, 6.45) is 10.1. The van der Waals surface area contributed by atoms with Gasteiger partial charge in [0, 0.05) is 37.8 Å². The highest BCUT2D eigenvalue weighted by molar-refractivity contribution is 5.84. The van der Waals surface area contributed by atoms with E-state index < -0.39 is 11.9 Å². The van der Waals surface area contributed by atoms with E-state index in [0.29, 0.717) is 48.9 Å². The Morgan fingerprint density at radius 3 is 1.35 bits per heavy atom. The molecule has 2 atom stereocenters. The van der Waals surface area contributed by atoms with Gasteiger partial charge in [0.1, 0.15) is 13.1 Å². The number of hydrogen-bond donors (Lipinski definition) is 2. The lowest BCUT2D eigenvalue weighted by molar-refractivity contribution is -0.142. The van der Waals surface area contributed by atoms with Crippen LogP contribution in [0.25, 0.3) is 0 Å². The van der Waals surface area contributed by atoms with Crippen molar-refractivity contribution in [1.29, 1.82) is 0 Å². The fourth-order valence-electron chi connectivity index (χ4n) is 7.07. The third-order valence-corrected chi connectivity index (χ3v) is 9.59. The fourth-order valence-corrected chi connectivity index (χ4v) is 7.07. The summed E-state index contributed by atoms with van der Waals surface area (Å²) >= 11 is 0. The van der Waals surface area contributed by atoms with Gasteiger partial charge in [0.2, 0.25) is 11.8 Å². The molecule has 0 aromatic heterocycles. The number of amides is 2. The molecule has 2 aromatic rings. The van der Waals surface area contributed by atoms with Gasteiger partial charge in [-0.2, -0.15) is 0 Å². The second-order valence-electron chi connectivity index (χ2n) is 13.0. The molecule has 2 saturated carbocycles. The SMILES string of the molecule is COc1ccc(C2CC(=O)N(CC(=O)O)C2)cc1OC1CCCC1.COc1ccc(C2CC(=O)N(CC(=O)O)C2)cc1OC1CCCC1. The second-order valence-corrected chi connectivity index (χ2v) is 13.0. The molecule has 0 radical (unpaired) electrons. The van der Waals surface area contributed by atoms with Gasteiger partial charge >= 0.3 is 11.9 Å². The molecule has 12 heteroatoms. The molecular formula is C36H46N2O10. The highest BCUT2D eigenvalue weighted by Gasteiger charge is 2.34. The van der Waals surface area contributed by atoms with Gasteiger partial charge in [-0.05, 0) is 86.8 Å². The summed E-state index contributed by atoms with van der Waals surface area (Å²) in [7, 11) is 3.23. The molecule has 2 unspecified atom stereocenters. The Morgan fingerprint density at radius 2 is 1.02 bits per heavy atom. The number of aliphatic carboxylic acids is 2. The second kappa shape index (κ2) is 16.1. The minimum absolute atomic E-state index is 0.00585. The number of methoxy groups -OCH3 is 2. The minimum Gasteiger partial charge on any atom is -0.493 e. The molecule has 260 valence electrons. The van der Waals surface area contributed by atoms with Gasteiger partial charge in [0.05, 0.1) is 26.4 Å². The summed E-state index contributed by atoms with van der Waals surface area (Å²) in [5.41, 5.74) is 1.98. The first-order valence-electron chi connectivity index (χ1n) is 16.8. The smallest absolute Gasteiger partial charge is 0.323 e. The molecular weight excluding hydrogens is 620 g/mol. The summed E-state index contributed by atoms with van der Waals surface area (Å²) < 4.78 is 23.0. The first-order valence-corrected chi connectivity index (χ1v) is 16.8. The Kier molecular flexibility index (Phi) is 11.7. The maximum Gasteiger partial charge on any atom is 0.323 e. The lowest BCUT2D eigenvalue weighted by atomic mass is 9.98. The lowest BCUT2D eigenvalue weighted by Gasteiger charge is -2.19. The third-order valence-electron chi connectivity index (χ3n) is 9.59. The van der Waals surface area contributed by atoms with Crippen LogP contribution in [0.3, 0.4) is 0 Å². The molecule has 2 heterocycles. The fraction of sp³-hybridized carbons (Fsp3) is 0.556. The van der Waals surface area contributed by atoms with E-state index in [9.17, 15) is 19.2 Å². The van der Waals surface area contributed by atoms with Crippen molar-refractivity contribution in [2.24, 2.45) is 0 Å². The first kappa shape index (κ1) is 34.8. The highest BCUT2D eigenvalue weighted by Crippen LogP contribution is 2.38. The van der Waals surface area contributed by atoms with Crippen molar-refractivity contribution in [3.05, 3.63) is 47.5 Å². The monoisotopic (exact) mass is 666 g/mol. The topological polar surface area (TPSA) is 152 Å². The molecule has 0 bridgehead atoms. The molecule has 12 nitrogen and oxygen atoms in total. The zero-order valence-corrected chi connectivity index (χ0v) is 27.7. The number of carbonyl (C=O) groups is 4. The Labute approximate surface area is 280 Å². The number of benzene rings is 2. The average Bonchev–Trinajstić information content (AvgIpc) is 3.88. The molecule has 6 rings (SSSR count). The molecule has 4 aliphatic rings. The van der Waals surface area contributed by atoms with Gasteiger partial charge in [-0.25, -0.2) is 0 Å². The van der Waals surface area contributed by atoms with Crippen LogP contribution >= 0.6 is 0 Å². The van der Waals surface area contributed by atoms with E-state index in [4.69, 9.17) is 29.2 Å². The van der Waals surface area contributed by atoms with E-state index in [1.165, 1.54) is 35.5 Å². The average molecular weight is 667 g/mol. The number of likely N-dealkylation sites (tertiary alicyclic amines) is 2. The molecule has 2 aliphatic carbocycles. The van der Waals surface area contributed by atoms with Crippen LogP contribution < -0.4 is 18.9 Å². The van der Waals surface area contributed by atoms with Gasteiger partial charge < -0.3 is 39.0 Å². The third kappa shape index (κ3) is 8.90. The van der Waals surface area contributed by atoms with Gasteiger partial charge in [-0.15, -0.1) is 0 Å². The van der Waals surface area contributed by atoms with Crippen LogP contribution in [0.1, 0.15) is 87.2 Å². The number of carboxylic acids is 2. The van der Waals surface area contributed by atoms with E-state index in [1.54, 1.807) is 14.2 Å². The van der Waals surface area contributed by atoms with Crippen LogP contribution in [0, 0.1) is 0 Å². The summed E-state index contributed by atoms with van der Waals surface area (Å²) in [6, 6.07) is 11.5. The minimum atomic E-state index is -0.982. The lowest BCUT2D eigenvalue weighted by Crippen LogP contribution is -2.30. The predicted molar refractivity (Wildman–Crippen MR) is 175 cm³/mol. The van der Waals surface area contributed by atoms with E-state index in [-0.39, 0.29) is 48.9 Å². The number of nitrogens with zero attached hydrogens (tertiary/aromatic N) is 2. The molecule has 2 saturated heterocycles. The van der Waals surface area contributed by atoms with E-state index in [2.05, 4.69) is 0 Å². The van der Waals surface area contributed by atoms with Gasteiger partial charge in [-0.1, -0.05) is 12.1 Å². The Bertz CT molecular complexity index is 1360. The van der Waals surface area contributed by atoms with Crippen molar-refractivity contribution < 1.29 is 48.3 Å². The largest absolute Gasteiger partial charge is 0.493 e. The van der Waals surface area contributed by atoms with Gasteiger partial charge in [0.25, 0.3) is 0 Å². The standard InChI is InChI=1S/2C18H23NO5/c2*1-23-15-7-6-12(8-16(15)24-14-4-2-3-5-14)13-9-17(20)19(10-13)11-18(21)22/h2*6-8,13-14H,2-5,9-11H2,1H3,(H,21,22). The maximum absolute atomic E-state index is 12.0. The van der Waals surface area contributed by atoms with Crippen molar-refractivity contribution in [3.8, 4) is 23.0 Å². The van der Waals surface area contributed by atoms with E-state index in [1.807, 2.05) is 36.4 Å². The van der Waals surface area contributed by atoms with Gasteiger partial charge in [0.15, 0.2) is 23.0 Å². The molecule has 0 spiro atoms. The number of hydrogen-bond acceptors (Lipinski definition) is 8. The number of ether oxygens (including phenoxy) is 4. The molecule has 2 amide bonds. The number of rotatable bonds is 12. The van der Waals surface area contributed by atoms with Gasteiger partial charge in [-0.3, -0.25) is 19.2 Å². The molecule has 2 N–H and O–H groups in total. The van der Waals surface area contributed by atoms with Crippen molar-refractivity contribution in [1.82, 2.24) is 9.80 Å². The van der Waals surface area contributed by atoms with E-state index in [0.717, 1.165) is 36.8 Å². The zero-order valence-electron chi connectivity index (χ0n) is 27.7. The molecule has 2 aliphatic heterocycles. The summed E-state index contributed by atoms with van der Waals surface area (Å²) in [4.78, 5) is 48.5. The summed E-state index contributed by atoms with van der Waals surface area (Å²) in [5, 5.41) is 17.8. The molecule has 2 aromatic carbocycles. The van der Waals surface area contributed by atoms with Crippen LogP contribution in [-0.4, -0.2) is 96.4 Å². The Morgan fingerprint density at radius 1 is 0.646 bits per heavy atom. The molecule has 48 heavy (non-hydrogen) atoms. The van der Waals surface area contributed by atoms with E-state index >= 15 is 0 Å². The van der Waals surface area contributed by atoms with Crippen LogP contribution in [0.4, 0.5) is 0 Å². The zero-order chi connectivity index (χ0) is 34.2. The van der Waals surface area contributed by atoms with Crippen molar-refractivity contribution >= 4 is 23.8 Å². The first-order chi connectivity index (χ1) is 23.1. The van der Waals surface area contributed by atoms with Crippen molar-refractivity contribution in [2.45, 2.75) is 88.3 Å². The highest BCUT2D eigenvalue weighted by atomic mass is 16.5. The normalized spacial score (nSPS) is 21.3. The van der Waals surface area contributed by atoms with Crippen molar-refractivity contribution in [3.63, 3.8) is 0 Å². The summed E-state index contributed by atoms with van der Waals surface area (Å²) in [5.74, 6) is 0.607. The number of carboxylic acid groups (broad SMARTS) is 2. The van der Waals surface area contributed by atoms with Crippen LogP contribution in [0.5, 0.6) is 23.0 Å².